The van der Waals surface area contributed by atoms with Gasteiger partial charge in [-0.3, -0.25) is 59.4 Å². The van der Waals surface area contributed by atoms with Crippen molar-refractivity contribution in [1.82, 2.24) is 92.2 Å². The lowest BCUT2D eigenvalue weighted by molar-refractivity contribution is 0.865. The summed E-state index contributed by atoms with van der Waals surface area (Å²) in [6, 6.07) is 1.72. The molecule has 0 aliphatic carbocycles. The zero-order chi connectivity index (χ0) is 27.8. The molecule has 1 aromatic heterocycles. The van der Waals surface area contributed by atoms with E-state index < -0.39 is 33.0 Å². The lowest BCUT2D eigenvalue weighted by atomic mass is 10.5. The molecule has 0 amide bonds. The van der Waals surface area contributed by atoms with E-state index in [4.69, 9.17) is 0 Å². The highest BCUT2D eigenvalue weighted by atomic mass is 16.2. The summed E-state index contributed by atoms with van der Waals surface area (Å²) in [7, 11) is 0. The first-order chi connectivity index (χ1) is 18.9. The van der Waals surface area contributed by atoms with Gasteiger partial charge in [-0.1, -0.05) is 0 Å². The standard InChI is InChI=1S/3C4H3N5O2.C3H3N3/c3*10-2-1-3(7-9-5-1)6-8-4(2)11;1-2-4-6-5-3-1/h3*5,7,9H;1-3H. The minimum Gasteiger partial charge on any atom is -0.281 e. The highest BCUT2D eigenvalue weighted by Crippen LogP contribution is 1.72. The Kier molecular flexibility index (Phi) is 7.36. The van der Waals surface area contributed by atoms with E-state index in [0.29, 0.717) is 0 Å². The van der Waals surface area contributed by atoms with Gasteiger partial charge in [-0.15, -0.1) is 40.8 Å². The molecule has 0 radical (unpaired) electrons. The molecule has 0 saturated carbocycles. The molecule has 39 heavy (non-hydrogen) atoms. The highest BCUT2D eigenvalue weighted by molar-refractivity contribution is 4.89. The van der Waals surface area contributed by atoms with Gasteiger partial charge in [0.15, 0.2) is 32.5 Å². The maximum absolute atomic E-state index is 10.9. The van der Waals surface area contributed by atoms with Gasteiger partial charge in [0.25, 0.3) is 16.3 Å². The Morgan fingerprint density at radius 3 is 1.03 bits per heavy atom. The molecule has 9 N–H and O–H groups in total. The first-order valence-electron chi connectivity index (χ1n) is 10.00. The van der Waals surface area contributed by atoms with Crippen molar-refractivity contribution in [1.29, 1.82) is 0 Å². The average Bonchev–Trinajstić information content (AvgIpc) is 3.74. The molecule has 6 aliphatic rings. The van der Waals surface area contributed by atoms with Gasteiger partial charge >= 0.3 is 16.7 Å². The number of hydrogen-bond acceptors (Lipinski definition) is 15. The van der Waals surface area contributed by atoms with Crippen molar-refractivity contribution in [2.75, 3.05) is 0 Å². The first kappa shape index (κ1) is 25.3. The number of H-pyrrole nitrogens is 9. The normalized spacial score (nSPS) is 10.2. The van der Waals surface area contributed by atoms with Crippen LogP contribution in [0.1, 0.15) is 0 Å². The van der Waals surface area contributed by atoms with E-state index in [1.807, 2.05) is 0 Å². The van der Waals surface area contributed by atoms with Crippen molar-refractivity contribution < 1.29 is 0 Å². The van der Waals surface area contributed by atoms with E-state index in [1.54, 1.807) is 18.5 Å². The average molecular weight is 540 g/mol. The predicted octanol–water partition coefficient (Wildman–Crippen LogP) is -6.41. The summed E-state index contributed by atoms with van der Waals surface area (Å²) in [6.45, 7) is 0. The summed E-state index contributed by atoms with van der Waals surface area (Å²) < 4.78 is 0. The minimum absolute atomic E-state index is 0.116. The SMILES string of the molecule is O=c1nnc2[nH][nH][nH]c=2c1=O.O=c1nnc2[nH][nH][nH]c=2c1=O.O=c1nnc2[nH][nH][nH]c=2c1=O.c1cnnnc1. The Morgan fingerprint density at radius 1 is 0.436 bits per heavy atom. The Labute approximate surface area is 205 Å². The largest absolute Gasteiger partial charge is 0.338 e. The van der Waals surface area contributed by atoms with Crippen LogP contribution in [-0.4, -0.2) is 92.2 Å². The van der Waals surface area contributed by atoms with Crippen LogP contribution in [0.3, 0.4) is 0 Å². The molecule has 0 saturated heterocycles. The molecule has 24 nitrogen and oxygen atoms in total. The number of aromatic nitrogens is 18. The Bertz CT molecular complexity index is 2070. The smallest absolute Gasteiger partial charge is 0.281 e. The lowest BCUT2D eigenvalue weighted by Gasteiger charge is -1.74. The van der Waals surface area contributed by atoms with Gasteiger partial charge in [-0.25, -0.2) is 15.6 Å². The zero-order valence-corrected chi connectivity index (χ0v) is 18.7. The van der Waals surface area contributed by atoms with Crippen LogP contribution in [0.5, 0.6) is 0 Å². The van der Waals surface area contributed by atoms with Crippen molar-refractivity contribution in [2.24, 2.45) is 0 Å². The summed E-state index contributed by atoms with van der Waals surface area (Å²) in [6.07, 6.45) is 3.15. The van der Waals surface area contributed by atoms with Crippen LogP contribution < -0.4 is 33.0 Å². The summed E-state index contributed by atoms with van der Waals surface area (Å²) >= 11 is 0. The first-order valence-corrected chi connectivity index (χ1v) is 10.00. The van der Waals surface area contributed by atoms with E-state index >= 15 is 0 Å². The van der Waals surface area contributed by atoms with Crippen LogP contribution in [0.2, 0.25) is 0 Å². The fraction of sp³-hybridized carbons (Fsp3) is 0. The maximum Gasteiger partial charge on any atom is 0.338 e. The Hall–Kier alpha value is -6.75. The molecular formula is C15H12N18O6. The second kappa shape index (κ2) is 11.3. The van der Waals surface area contributed by atoms with Crippen LogP contribution in [-0.2, 0) is 0 Å². The molecule has 6 aliphatic heterocycles. The van der Waals surface area contributed by atoms with Gasteiger partial charge in [0.05, 0.1) is 12.4 Å². The Balaban J connectivity index is 0.000000123. The van der Waals surface area contributed by atoms with Crippen molar-refractivity contribution >= 4 is 0 Å². The quantitative estimate of drug-likeness (QED) is 0.0807. The molecule has 7 rings (SSSR count). The Morgan fingerprint density at radius 2 is 0.769 bits per heavy atom. The fourth-order valence-corrected chi connectivity index (χ4v) is 2.49. The van der Waals surface area contributed by atoms with E-state index in [2.05, 4.69) is 92.2 Å². The molecule has 1 aromatic rings. The zero-order valence-electron chi connectivity index (χ0n) is 18.7. The van der Waals surface area contributed by atoms with Gasteiger partial charge in [0.1, 0.15) is 0 Å². The van der Waals surface area contributed by atoms with E-state index in [0.717, 1.165) is 0 Å². The predicted molar refractivity (Wildman–Crippen MR) is 119 cm³/mol. The van der Waals surface area contributed by atoms with Crippen molar-refractivity contribution in [3.63, 3.8) is 0 Å². The van der Waals surface area contributed by atoms with Gasteiger partial charge in [-0.05, 0) is 11.3 Å². The highest BCUT2D eigenvalue weighted by Gasteiger charge is 2.02. The topological polar surface area (TPSA) is 361 Å². The van der Waals surface area contributed by atoms with Crippen molar-refractivity contribution in [3.05, 3.63) is 113 Å². The fourth-order valence-electron chi connectivity index (χ4n) is 2.49. The van der Waals surface area contributed by atoms with Crippen LogP contribution in [0, 0.1) is 32.5 Å². The molecule has 0 fully saturated rings. The maximum atomic E-state index is 10.9. The van der Waals surface area contributed by atoms with E-state index in [9.17, 15) is 28.8 Å². The third-order valence-electron chi connectivity index (χ3n) is 4.21. The van der Waals surface area contributed by atoms with Gasteiger partial charge in [-0.2, -0.15) is 0 Å². The second-order valence-electron chi connectivity index (χ2n) is 6.61. The number of rotatable bonds is 0. The third kappa shape index (κ3) is 5.74. The van der Waals surface area contributed by atoms with E-state index in [-0.39, 0.29) is 32.5 Å². The van der Waals surface area contributed by atoms with Crippen LogP contribution in [0.15, 0.2) is 47.2 Å². The molecule has 0 aromatic carbocycles. The van der Waals surface area contributed by atoms with Crippen molar-refractivity contribution in [2.45, 2.75) is 0 Å². The number of nitrogens with one attached hydrogen (secondary N) is 9. The molecule has 0 spiro atoms. The second-order valence-corrected chi connectivity index (χ2v) is 6.61. The monoisotopic (exact) mass is 540 g/mol. The third-order valence-corrected chi connectivity index (χ3v) is 4.21. The summed E-state index contributed by atoms with van der Waals surface area (Å²) in [5.74, 6) is 0. The molecule has 0 unspecified atom stereocenters. The molecule has 7 heterocycles. The minimum atomic E-state index is -0.859. The van der Waals surface area contributed by atoms with Crippen LogP contribution in [0.25, 0.3) is 0 Å². The molecule has 0 bridgehead atoms. The van der Waals surface area contributed by atoms with Gasteiger partial charge < -0.3 is 0 Å². The van der Waals surface area contributed by atoms with Gasteiger partial charge in [0.2, 0.25) is 0 Å². The number of hydrogen-bond donors (Lipinski definition) is 9. The molecular weight excluding hydrogens is 528 g/mol. The summed E-state index contributed by atoms with van der Waals surface area (Å²) in [5.41, 5.74) is -3.91. The number of nitrogens with zero attached hydrogens (tertiary/aromatic N) is 9. The van der Waals surface area contributed by atoms with E-state index in [1.165, 1.54) is 0 Å². The summed E-state index contributed by atoms with van der Waals surface area (Å²) in [5, 5.41) is 52.0. The van der Waals surface area contributed by atoms with Gasteiger partial charge in [0, 0.05) is 0 Å². The molecule has 198 valence electrons. The molecule has 24 heteroatoms. The van der Waals surface area contributed by atoms with Crippen LogP contribution in [0.4, 0.5) is 0 Å². The van der Waals surface area contributed by atoms with Crippen LogP contribution >= 0.6 is 0 Å². The van der Waals surface area contributed by atoms with Crippen molar-refractivity contribution in [3.8, 4) is 0 Å². The lowest BCUT2D eigenvalue weighted by Crippen LogP contribution is -2.28. The molecule has 0 atom stereocenters. The summed E-state index contributed by atoms with van der Waals surface area (Å²) in [4.78, 5) is 64.5. The number of aromatic amines is 9.